The van der Waals surface area contributed by atoms with Gasteiger partial charge >= 0.3 is 0 Å². The fourth-order valence-corrected chi connectivity index (χ4v) is 0.664. The lowest BCUT2D eigenvalue weighted by molar-refractivity contribution is 0.697. The van der Waals surface area contributed by atoms with E-state index in [0.717, 1.165) is 5.75 Å². The molecule has 0 radical (unpaired) electrons. The maximum Gasteiger partial charge on any atom is 0.152 e. The Bertz CT molecular complexity index is 69.3. The molecule has 0 nitrogen and oxygen atoms in total. The van der Waals surface area contributed by atoms with Gasteiger partial charge in [0.25, 0.3) is 0 Å². The van der Waals surface area contributed by atoms with Crippen molar-refractivity contribution in [1.82, 2.24) is 0 Å². The molecule has 2 heteroatoms. The summed E-state index contributed by atoms with van der Waals surface area (Å²) in [6.07, 6.45) is 1.47. The van der Waals surface area contributed by atoms with Crippen molar-refractivity contribution in [1.29, 1.82) is 0 Å². The normalized spacial score (nSPS) is 10.1. The van der Waals surface area contributed by atoms with E-state index in [1.54, 1.807) is 6.92 Å². The fraction of sp³-hybridized carbons (Fsp3) is 0.714. The maximum absolute atomic E-state index is 12.0. The van der Waals surface area contributed by atoms with Crippen LogP contribution in [0.2, 0.25) is 0 Å². The van der Waals surface area contributed by atoms with Crippen LogP contribution < -0.4 is 0 Å². The number of allylic oxidation sites excluding steroid dienone is 1. The summed E-state index contributed by atoms with van der Waals surface area (Å²) < 4.78 is 12.0. The topological polar surface area (TPSA) is 0 Å². The molecule has 0 N–H and O–H groups in total. The van der Waals surface area contributed by atoms with Crippen molar-refractivity contribution in [2.24, 2.45) is 0 Å². The van der Waals surface area contributed by atoms with Gasteiger partial charge < -0.3 is 0 Å². The predicted molar refractivity (Wildman–Crippen MR) is 44.3 cm³/mol. The van der Waals surface area contributed by atoms with Crippen LogP contribution in [-0.4, -0.2) is 5.75 Å². The Hall–Kier alpha value is 0.0200. The van der Waals surface area contributed by atoms with Crippen LogP contribution >= 0.6 is 11.8 Å². The molecule has 0 saturated carbocycles. The molecular weight excluding hydrogens is 135 g/mol. The highest BCUT2D eigenvalue weighted by molar-refractivity contribution is 8.02. The van der Waals surface area contributed by atoms with Crippen LogP contribution in [0.5, 0.6) is 0 Å². The first-order chi connectivity index (χ1) is 4.31. The van der Waals surface area contributed by atoms with Crippen molar-refractivity contribution in [3.8, 4) is 0 Å². The average Bonchev–Trinajstić information content (AvgIpc) is 1.93. The highest BCUT2D eigenvalue weighted by Gasteiger charge is 1.85. The van der Waals surface area contributed by atoms with E-state index >= 15 is 0 Å². The van der Waals surface area contributed by atoms with E-state index in [4.69, 9.17) is 0 Å². The Morgan fingerprint density at radius 3 is 2.11 bits per heavy atom. The van der Waals surface area contributed by atoms with Crippen molar-refractivity contribution >= 4 is 11.8 Å². The minimum absolute atomic E-state index is 0.0810. The van der Waals surface area contributed by atoms with E-state index < -0.39 is 0 Å². The highest BCUT2D eigenvalue weighted by atomic mass is 32.2. The maximum atomic E-state index is 12.0. The van der Waals surface area contributed by atoms with Gasteiger partial charge in [-0.25, -0.2) is 0 Å². The zero-order chi connectivity index (χ0) is 7.70. The van der Waals surface area contributed by atoms with Gasteiger partial charge in [0.05, 0.1) is 0 Å². The summed E-state index contributed by atoms with van der Waals surface area (Å²) in [5.74, 6) is 0.816. The zero-order valence-electron chi connectivity index (χ0n) is 6.57. The number of hydrogen-bond acceptors (Lipinski definition) is 1. The van der Waals surface area contributed by atoms with Gasteiger partial charge in [-0.1, -0.05) is 32.5 Å². The van der Waals surface area contributed by atoms with Gasteiger partial charge in [-0.05, 0) is 18.8 Å². The van der Waals surface area contributed by atoms with Crippen LogP contribution in [0, 0.1) is 0 Å². The van der Waals surface area contributed by atoms with Crippen LogP contribution in [0.25, 0.3) is 0 Å². The molecule has 0 aliphatic heterocycles. The summed E-state index contributed by atoms with van der Waals surface area (Å²) >= 11 is 1.23. The highest BCUT2D eigenvalue weighted by Crippen LogP contribution is 2.14. The van der Waals surface area contributed by atoms with E-state index in [0.29, 0.717) is 0 Å². The zero-order valence-corrected chi connectivity index (χ0v) is 7.39. The van der Waals surface area contributed by atoms with E-state index in [9.17, 15) is 4.39 Å². The smallest absolute Gasteiger partial charge is 0.152 e. The summed E-state index contributed by atoms with van der Waals surface area (Å²) in [7, 11) is 0. The number of halogens is 1. The van der Waals surface area contributed by atoms with E-state index in [2.05, 4.69) is 0 Å². The molecule has 56 valence electrons. The van der Waals surface area contributed by atoms with Gasteiger partial charge in [0, 0.05) is 0 Å². The third-order valence-corrected chi connectivity index (χ3v) is 1.31. The van der Waals surface area contributed by atoms with Crippen molar-refractivity contribution in [2.45, 2.75) is 27.7 Å². The molecule has 0 aromatic carbocycles. The second-order valence-electron chi connectivity index (χ2n) is 1.03. The standard InChI is InChI=1S/C5H9FS.C2H6/c1-3-5(6)7-4-2;1-2/h3H,4H2,1-2H3;1-2H3/b5-3-;. The molecule has 9 heavy (non-hydrogen) atoms. The lowest BCUT2D eigenvalue weighted by Crippen LogP contribution is -1.63. The minimum atomic E-state index is -0.0810. The van der Waals surface area contributed by atoms with Gasteiger partial charge in [-0.3, -0.25) is 0 Å². The number of rotatable bonds is 2. The lowest BCUT2D eigenvalue weighted by atomic mass is 10.8. The van der Waals surface area contributed by atoms with Gasteiger partial charge in [0.1, 0.15) is 0 Å². The second kappa shape index (κ2) is 10.9. The molecule has 0 aromatic rings. The third-order valence-electron chi connectivity index (χ3n) is 0.509. The monoisotopic (exact) mass is 150 g/mol. The first-order valence-corrected chi connectivity index (χ1v) is 4.24. The summed E-state index contributed by atoms with van der Waals surface area (Å²) in [4.78, 5) is 0. The van der Waals surface area contributed by atoms with Gasteiger partial charge in [-0.15, -0.1) is 0 Å². The molecule has 0 bridgehead atoms. The molecule has 0 heterocycles. The van der Waals surface area contributed by atoms with Crippen molar-refractivity contribution in [3.05, 3.63) is 11.2 Å². The van der Waals surface area contributed by atoms with E-state index in [1.165, 1.54) is 17.8 Å². The lowest BCUT2D eigenvalue weighted by Gasteiger charge is -1.86. The summed E-state index contributed by atoms with van der Waals surface area (Å²) in [5, 5.41) is -0.0810. The molecule has 0 unspecified atom stereocenters. The molecule has 0 amide bonds. The summed E-state index contributed by atoms with van der Waals surface area (Å²) in [6.45, 7) is 7.62. The van der Waals surface area contributed by atoms with Crippen LogP contribution in [0.3, 0.4) is 0 Å². The molecule has 0 spiro atoms. The van der Waals surface area contributed by atoms with Crippen molar-refractivity contribution in [3.63, 3.8) is 0 Å². The van der Waals surface area contributed by atoms with Gasteiger partial charge in [0.2, 0.25) is 0 Å². The second-order valence-corrected chi connectivity index (χ2v) is 2.28. The fourth-order valence-electron chi connectivity index (χ4n) is 0.221. The van der Waals surface area contributed by atoms with Crippen LogP contribution in [0.1, 0.15) is 27.7 Å². The first-order valence-electron chi connectivity index (χ1n) is 3.25. The molecule has 0 fully saturated rings. The Kier molecular flexibility index (Phi) is 14.3. The molecule has 0 aliphatic rings. The first kappa shape index (κ1) is 11.8. The minimum Gasteiger partial charge on any atom is -0.200 e. The Balaban J connectivity index is 0. The molecule has 0 atom stereocenters. The molecule has 0 rings (SSSR count). The number of hydrogen-bond donors (Lipinski definition) is 0. The SMILES string of the molecule is C/C=C(/F)SCC.CC. The van der Waals surface area contributed by atoms with E-state index in [-0.39, 0.29) is 5.16 Å². The largest absolute Gasteiger partial charge is 0.200 e. The third kappa shape index (κ3) is 11.5. The average molecular weight is 150 g/mol. The van der Waals surface area contributed by atoms with Gasteiger partial charge in [0.15, 0.2) is 5.16 Å². The molecule has 0 saturated heterocycles. The Morgan fingerprint density at radius 1 is 1.56 bits per heavy atom. The van der Waals surface area contributed by atoms with Crippen molar-refractivity contribution in [2.75, 3.05) is 5.75 Å². The molecule has 0 aliphatic carbocycles. The Morgan fingerprint density at radius 2 is 2.00 bits per heavy atom. The van der Waals surface area contributed by atoms with Gasteiger partial charge in [-0.2, -0.15) is 4.39 Å². The predicted octanol–water partition coefficient (Wildman–Crippen LogP) is 3.60. The van der Waals surface area contributed by atoms with Crippen molar-refractivity contribution < 1.29 is 4.39 Å². The summed E-state index contributed by atoms with van der Waals surface area (Å²) in [5.41, 5.74) is 0. The number of thioether (sulfide) groups is 1. The van der Waals surface area contributed by atoms with E-state index in [1.807, 2.05) is 20.8 Å². The summed E-state index contributed by atoms with van der Waals surface area (Å²) in [6, 6.07) is 0. The van der Waals surface area contributed by atoms with Crippen LogP contribution in [-0.2, 0) is 0 Å². The Labute approximate surface area is 61.5 Å². The quantitative estimate of drug-likeness (QED) is 0.579. The molecular formula is C7H15FS. The van der Waals surface area contributed by atoms with Crippen LogP contribution in [0.15, 0.2) is 11.2 Å². The molecule has 0 aromatic heterocycles. The van der Waals surface area contributed by atoms with Crippen LogP contribution in [0.4, 0.5) is 4.39 Å².